The van der Waals surface area contributed by atoms with E-state index in [-0.39, 0.29) is 0 Å². The number of nitrogens with one attached hydrogen (secondary N) is 1. The molecule has 0 aliphatic carbocycles. The number of aliphatic hydroxyl groups is 9. The molecule has 10 N–H and O–H groups in total. The number of carbonyl (C=O) groups is 1. The summed E-state index contributed by atoms with van der Waals surface area (Å²) in [7, 11) is 0. The molecule has 0 aromatic heterocycles. The minimum Gasteiger partial charge on any atom is -0.394 e. The number of rotatable bonds is 7. The summed E-state index contributed by atoms with van der Waals surface area (Å²) in [6.07, 6.45) is -21.5. The molecule has 0 unspecified atom stereocenters. The van der Waals surface area contributed by atoms with Crippen LogP contribution in [0.1, 0.15) is 13.8 Å². The minimum atomic E-state index is -1.83. The van der Waals surface area contributed by atoms with Crippen LogP contribution in [0.15, 0.2) is 0 Å². The highest BCUT2D eigenvalue weighted by molar-refractivity contribution is 5.73. The van der Waals surface area contributed by atoms with Gasteiger partial charge in [0.2, 0.25) is 5.91 Å². The molecule has 0 aromatic carbocycles. The maximum atomic E-state index is 11.9. The van der Waals surface area contributed by atoms with Gasteiger partial charge in [0.05, 0.1) is 19.3 Å². The summed E-state index contributed by atoms with van der Waals surface area (Å²) in [6.45, 7) is 1.29. The van der Waals surface area contributed by atoms with Gasteiger partial charge in [0.25, 0.3) is 0 Å². The van der Waals surface area contributed by atoms with Crippen LogP contribution in [0.2, 0.25) is 0 Å². The number of aliphatic hydroxyl groups excluding tert-OH is 9. The van der Waals surface area contributed by atoms with Crippen LogP contribution in [0, 0.1) is 0 Å². The zero-order valence-corrected chi connectivity index (χ0v) is 19.5. The lowest BCUT2D eigenvalue weighted by Gasteiger charge is -2.47. The molecule has 0 spiro atoms. The van der Waals surface area contributed by atoms with Gasteiger partial charge in [0.1, 0.15) is 67.1 Å². The molecule has 36 heavy (non-hydrogen) atoms. The van der Waals surface area contributed by atoms with Crippen LogP contribution in [0.5, 0.6) is 0 Å². The summed E-state index contributed by atoms with van der Waals surface area (Å²) in [6, 6.07) is -1.31. The van der Waals surface area contributed by atoms with Crippen molar-refractivity contribution in [2.45, 2.75) is 106 Å². The minimum absolute atomic E-state index is 0.547. The first-order chi connectivity index (χ1) is 16.9. The van der Waals surface area contributed by atoms with Crippen molar-refractivity contribution >= 4 is 5.91 Å². The fourth-order valence-electron chi connectivity index (χ4n) is 4.30. The predicted octanol–water partition coefficient (Wildman–Crippen LogP) is -6.40. The van der Waals surface area contributed by atoms with E-state index < -0.39 is 111 Å². The number of hydrogen-bond donors (Lipinski definition) is 10. The lowest BCUT2D eigenvalue weighted by Crippen LogP contribution is -2.68. The van der Waals surface area contributed by atoms with Gasteiger partial charge in [-0.25, -0.2) is 0 Å². The Morgan fingerprint density at radius 2 is 1.42 bits per heavy atom. The molecule has 3 saturated heterocycles. The molecule has 16 nitrogen and oxygen atoms in total. The molecular weight excluding hydrogens is 494 g/mol. The zero-order valence-electron chi connectivity index (χ0n) is 19.5. The maximum Gasteiger partial charge on any atom is 0.217 e. The third-order valence-corrected chi connectivity index (χ3v) is 6.43. The first-order valence-electron chi connectivity index (χ1n) is 11.4. The lowest BCUT2D eigenvalue weighted by molar-refractivity contribution is -0.346. The van der Waals surface area contributed by atoms with Crippen molar-refractivity contribution in [2.24, 2.45) is 0 Å². The van der Waals surface area contributed by atoms with E-state index >= 15 is 0 Å². The van der Waals surface area contributed by atoms with Crippen molar-refractivity contribution in [3.8, 4) is 0 Å². The Hall–Kier alpha value is -1.09. The van der Waals surface area contributed by atoms with E-state index in [9.17, 15) is 50.8 Å². The Balaban J connectivity index is 1.79. The SMILES string of the molecule is CC(=O)N[C@H]1[C@H](OC[C@H]2O[C@H](O)[C@@H](O)[C@@H](O)[C@@H]2O)O[C@H](CO)[C@@H](O)[C@@H]1O[C@@H]1O[C@@H](C)[C@@H](O)[C@@H](O)[C@@H]1O. The summed E-state index contributed by atoms with van der Waals surface area (Å²) in [4.78, 5) is 11.9. The van der Waals surface area contributed by atoms with Crippen molar-refractivity contribution < 1.29 is 74.4 Å². The summed E-state index contributed by atoms with van der Waals surface area (Å²) >= 11 is 0. The Kier molecular flexibility index (Phi) is 9.97. The van der Waals surface area contributed by atoms with Crippen LogP contribution in [-0.4, -0.2) is 157 Å². The van der Waals surface area contributed by atoms with Crippen molar-refractivity contribution in [1.82, 2.24) is 5.32 Å². The van der Waals surface area contributed by atoms with Crippen LogP contribution >= 0.6 is 0 Å². The van der Waals surface area contributed by atoms with E-state index in [2.05, 4.69) is 5.32 Å². The van der Waals surface area contributed by atoms with Crippen molar-refractivity contribution in [2.75, 3.05) is 13.2 Å². The smallest absolute Gasteiger partial charge is 0.217 e. The molecule has 16 heteroatoms. The van der Waals surface area contributed by atoms with Gasteiger partial charge in [-0.05, 0) is 6.92 Å². The van der Waals surface area contributed by atoms with E-state index in [1.165, 1.54) is 6.92 Å². The summed E-state index contributed by atoms with van der Waals surface area (Å²) < 4.78 is 27.3. The predicted molar refractivity (Wildman–Crippen MR) is 111 cm³/mol. The van der Waals surface area contributed by atoms with Crippen LogP contribution < -0.4 is 5.32 Å². The van der Waals surface area contributed by atoms with Crippen LogP contribution in [0.4, 0.5) is 0 Å². The Labute approximate surface area is 205 Å². The summed E-state index contributed by atoms with van der Waals surface area (Å²) in [5, 5.41) is 92.6. The van der Waals surface area contributed by atoms with Gasteiger partial charge >= 0.3 is 0 Å². The number of amides is 1. The third kappa shape index (κ3) is 6.13. The second-order valence-electron chi connectivity index (χ2n) is 9.09. The zero-order chi connectivity index (χ0) is 26.9. The van der Waals surface area contributed by atoms with E-state index in [4.69, 9.17) is 23.7 Å². The molecule has 0 radical (unpaired) electrons. The topological polar surface area (TPSA) is 257 Å². The number of carbonyl (C=O) groups excluding carboxylic acids is 1. The number of hydrogen-bond acceptors (Lipinski definition) is 15. The van der Waals surface area contributed by atoms with Gasteiger partial charge in [-0.2, -0.15) is 0 Å². The van der Waals surface area contributed by atoms with Crippen molar-refractivity contribution in [3.63, 3.8) is 0 Å². The van der Waals surface area contributed by atoms with E-state index in [1.807, 2.05) is 0 Å². The van der Waals surface area contributed by atoms with Crippen molar-refractivity contribution in [1.29, 1.82) is 0 Å². The second kappa shape index (κ2) is 12.2. The lowest BCUT2D eigenvalue weighted by atomic mass is 9.95. The monoisotopic (exact) mass is 529 g/mol. The van der Waals surface area contributed by atoms with Crippen LogP contribution in [0.3, 0.4) is 0 Å². The standard InChI is InChI=1S/C20H35NO15/c1-5-10(24)13(27)16(30)20(33-5)36-17-9(21-6(2)23)19(35-7(3-22)12(17)26)32-4-8-11(25)14(28)15(29)18(31)34-8/h5,7-20,22,24-31H,3-4H2,1-2H3,(H,21,23)/t5-,7+,8+,9+,10+,11+,12+,13+,14-,15-,16-,17+,18-,19+,20-/m0/s1. The molecule has 3 heterocycles. The molecule has 3 aliphatic rings. The maximum absolute atomic E-state index is 11.9. The molecule has 210 valence electrons. The highest BCUT2D eigenvalue weighted by Crippen LogP contribution is 2.30. The summed E-state index contributed by atoms with van der Waals surface area (Å²) in [5.41, 5.74) is 0. The quantitative estimate of drug-likeness (QED) is 0.147. The fraction of sp³-hybridized carbons (Fsp3) is 0.950. The summed E-state index contributed by atoms with van der Waals surface area (Å²) in [5.74, 6) is -0.614. The van der Waals surface area contributed by atoms with Gasteiger partial charge in [-0.3, -0.25) is 4.79 Å². The number of ether oxygens (including phenoxy) is 5. The van der Waals surface area contributed by atoms with Gasteiger partial charge in [0, 0.05) is 6.92 Å². The Morgan fingerprint density at radius 1 is 0.778 bits per heavy atom. The molecular formula is C20H35NO15. The molecule has 3 fully saturated rings. The molecule has 15 atom stereocenters. The molecule has 3 aliphatic heterocycles. The van der Waals surface area contributed by atoms with Gasteiger partial charge in [-0.1, -0.05) is 0 Å². The van der Waals surface area contributed by atoms with Gasteiger partial charge < -0.3 is 75.0 Å². The van der Waals surface area contributed by atoms with Crippen LogP contribution in [0.25, 0.3) is 0 Å². The van der Waals surface area contributed by atoms with Crippen molar-refractivity contribution in [3.05, 3.63) is 0 Å². The molecule has 0 bridgehead atoms. The van der Waals surface area contributed by atoms with E-state index in [0.717, 1.165) is 6.92 Å². The molecule has 0 aromatic rings. The van der Waals surface area contributed by atoms with Gasteiger partial charge in [0.15, 0.2) is 18.9 Å². The highest BCUT2D eigenvalue weighted by Gasteiger charge is 2.52. The van der Waals surface area contributed by atoms with E-state index in [1.54, 1.807) is 0 Å². The third-order valence-electron chi connectivity index (χ3n) is 6.43. The first-order valence-corrected chi connectivity index (χ1v) is 11.4. The normalized spacial score (nSPS) is 50.0. The first kappa shape index (κ1) is 29.5. The van der Waals surface area contributed by atoms with E-state index in [0.29, 0.717) is 0 Å². The second-order valence-corrected chi connectivity index (χ2v) is 9.09. The largest absolute Gasteiger partial charge is 0.394 e. The highest BCUT2D eigenvalue weighted by atomic mass is 16.7. The molecule has 3 rings (SSSR count). The molecule has 1 amide bonds. The Bertz CT molecular complexity index is 731. The average molecular weight is 529 g/mol. The molecule has 0 saturated carbocycles. The van der Waals surface area contributed by atoms with Gasteiger partial charge in [-0.15, -0.1) is 0 Å². The fourth-order valence-corrected chi connectivity index (χ4v) is 4.30. The van der Waals surface area contributed by atoms with Crippen LogP contribution in [-0.2, 0) is 28.5 Å². The Morgan fingerprint density at radius 3 is 2.03 bits per heavy atom. The average Bonchev–Trinajstić information content (AvgIpc) is 2.83.